The molecule has 0 aliphatic rings. The van der Waals surface area contributed by atoms with E-state index in [0.29, 0.717) is 23.3 Å². The number of likely N-dealkylation sites (N-methyl/N-ethyl adjacent to an activating group) is 1. The number of esters is 1. The fraction of sp³-hybridized carbons (Fsp3) is 0.471. The first-order chi connectivity index (χ1) is 11.5. The minimum absolute atomic E-state index is 0.0206. The molecule has 0 amide bonds. The standard InChI is InChI=1S/C17H23N3O4/c1-5-20-15-12(8-7-11(3)18-15)14(19(4)9-10-21)13(16(20)22)17(23)24-6-2/h7-8,21H,5-6,9-10H2,1-4H3. The van der Waals surface area contributed by atoms with Gasteiger partial charge in [0.25, 0.3) is 5.56 Å². The van der Waals surface area contributed by atoms with Gasteiger partial charge in [-0.15, -0.1) is 0 Å². The zero-order valence-corrected chi connectivity index (χ0v) is 14.5. The van der Waals surface area contributed by atoms with Gasteiger partial charge in [0.15, 0.2) is 0 Å². The average molecular weight is 333 g/mol. The number of aryl methyl sites for hydroxylation is 2. The molecule has 0 unspecified atom stereocenters. The SMILES string of the molecule is CCOC(=O)c1c(N(C)CCO)c2ccc(C)nc2n(CC)c1=O. The fourth-order valence-corrected chi connectivity index (χ4v) is 2.74. The fourth-order valence-electron chi connectivity index (χ4n) is 2.74. The van der Waals surface area contributed by atoms with Crippen LogP contribution in [0.25, 0.3) is 11.0 Å². The van der Waals surface area contributed by atoms with Crippen molar-refractivity contribution in [1.29, 1.82) is 0 Å². The third-order valence-electron chi connectivity index (χ3n) is 3.83. The number of aromatic nitrogens is 2. The summed E-state index contributed by atoms with van der Waals surface area (Å²) < 4.78 is 6.57. The summed E-state index contributed by atoms with van der Waals surface area (Å²) in [6.45, 7) is 6.12. The van der Waals surface area contributed by atoms with Gasteiger partial charge in [0.1, 0.15) is 11.2 Å². The number of nitrogens with zero attached hydrogens (tertiary/aromatic N) is 3. The van der Waals surface area contributed by atoms with E-state index in [1.165, 1.54) is 4.57 Å². The van der Waals surface area contributed by atoms with Gasteiger partial charge in [-0.3, -0.25) is 9.36 Å². The molecule has 2 aromatic rings. The number of aliphatic hydroxyl groups is 1. The highest BCUT2D eigenvalue weighted by atomic mass is 16.5. The van der Waals surface area contributed by atoms with Crippen LogP contribution in [0.5, 0.6) is 0 Å². The van der Waals surface area contributed by atoms with Gasteiger partial charge in [0.05, 0.1) is 18.9 Å². The van der Waals surface area contributed by atoms with Gasteiger partial charge in [-0.05, 0) is 32.9 Å². The first kappa shape index (κ1) is 17.9. The second kappa shape index (κ2) is 7.44. The predicted molar refractivity (Wildman–Crippen MR) is 92.7 cm³/mol. The third kappa shape index (κ3) is 3.12. The van der Waals surface area contributed by atoms with E-state index in [4.69, 9.17) is 4.74 Å². The van der Waals surface area contributed by atoms with E-state index < -0.39 is 11.5 Å². The highest BCUT2D eigenvalue weighted by Gasteiger charge is 2.25. The minimum atomic E-state index is -0.660. The Balaban J connectivity index is 2.93. The number of aliphatic hydroxyl groups excluding tert-OH is 1. The van der Waals surface area contributed by atoms with Crippen molar-refractivity contribution in [2.75, 3.05) is 31.7 Å². The number of ether oxygens (including phenoxy) is 1. The van der Waals surface area contributed by atoms with E-state index in [1.54, 1.807) is 18.9 Å². The Bertz CT molecular complexity index is 814. The number of hydrogen-bond donors (Lipinski definition) is 1. The van der Waals surface area contributed by atoms with Crippen LogP contribution in [0.2, 0.25) is 0 Å². The number of hydrogen-bond acceptors (Lipinski definition) is 6. The Morgan fingerprint density at radius 2 is 2.08 bits per heavy atom. The van der Waals surface area contributed by atoms with E-state index in [1.807, 2.05) is 26.0 Å². The number of fused-ring (bicyclic) bond motifs is 1. The summed E-state index contributed by atoms with van der Waals surface area (Å²) in [5, 5.41) is 9.94. The molecular formula is C17H23N3O4. The van der Waals surface area contributed by atoms with Gasteiger partial charge in [-0.1, -0.05) is 0 Å². The molecule has 0 aliphatic carbocycles. The molecule has 0 bridgehead atoms. The zero-order chi connectivity index (χ0) is 17.9. The predicted octanol–water partition coefficient (Wildman–Crippen LogP) is 1.33. The summed E-state index contributed by atoms with van der Waals surface area (Å²) in [6.07, 6.45) is 0. The van der Waals surface area contributed by atoms with Crippen molar-refractivity contribution in [2.24, 2.45) is 0 Å². The molecule has 0 radical (unpaired) electrons. The van der Waals surface area contributed by atoms with Crippen molar-refractivity contribution >= 4 is 22.7 Å². The lowest BCUT2D eigenvalue weighted by atomic mass is 10.1. The van der Waals surface area contributed by atoms with Crippen LogP contribution < -0.4 is 10.5 Å². The Hall–Kier alpha value is -2.41. The molecule has 0 aromatic carbocycles. The van der Waals surface area contributed by atoms with Crippen LogP contribution in [0.1, 0.15) is 29.9 Å². The van der Waals surface area contributed by atoms with Crippen LogP contribution in [-0.4, -0.2) is 47.4 Å². The molecule has 0 atom stereocenters. The zero-order valence-electron chi connectivity index (χ0n) is 14.5. The highest BCUT2D eigenvalue weighted by Crippen LogP contribution is 2.28. The molecule has 0 spiro atoms. The van der Waals surface area contributed by atoms with E-state index in [0.717, 1.165) is 5.69 Å². The summed E-state index contributed by atoms with van der Waals surface area (Å²) in [5.41, 5.74) is 1.30. The van der Waals surface area contributed by atoms with Crippen LogP contribution in [0.15, 0.2) is 16.9 Å². The summed E-state index contributed by atoms with van der Waals surface area (Å²) in [5.74, 6) is -0.660. The second-order valence-electron chi connectivity index (χ2n) is 5.46. The molecule has 0 saturated heterocycles. The number of carbonyl (C=O) groups is 1. The summed E-state index contributed by atoms with van der Waals surface area (Å²) >= 11 is 0. The summed E-state index contributed by atoms with van der Waals surface area (Å²) in [6, 6.07) is 3.67. The van der Waals surface area contributed by atoms with E-state index >= 15 is 0 Å². The number of anilines is 1. The van der Waals surface area contributed by atoms with Crippen molar-refractivity contribution in [2.45, 2.75) is 27.3 Å². The molecule has 7 nitrogen and oxygen atoms in total. The molecule has 0 saturated carbocycles. The smallest absolute Gasteiger partial charge is 0.345 e. The van der Waals surface area contributed by atoms with Gasteiger partial charge in [0, 0.05) is 31.2 Å². The molecule has 1 N–H and O–H groups in total. The lowest BCUT2D eigenvalue weighted by Gasteiger charge is -2.24. The maximum atomic E-state index is 12.9. The van der Waals surface area contributed by atoms with Gasteiger partial charge in [-0.25, -0.2) is 9.78 Å². The van der Waals surface area contributed by atoms with Gasteiger partial charge in [0.2, 0.25) is 0 Å². The molecule has 0 aliphatic heterocycles. The molecule has 0 fully saturated rings. The lowest BCUT2D eigenvalue weighted by Crippen LogP contribution is -2.33. The van der Waals surface area contributed by atoms with Crippen molar-refractivity contribution in [3.05, 3.63) is 33.7 Å². The maximum absolute atomic E-state index is 12.9. The molecule has 7 heteroatoms. The number of rotatable bonds is 6. The Kier molecular flexibility index (Phi) is 5.56. The summed E-state index contributed by atoms with van der Waals surface area (Å²) in [4.78, 5) is 31.5. The Morgan fingerprint density at radius 1 is 1.38 bits per heavy atom. The van der Waals surface area contributed by atoms with E-state index in [2.05, 4.69) is 4.98 Å². The molecule has 2 heterocycles. The van der Waals surface area contributed by atoms with E-state index in [-0.39, 0.29) is 25.3 Å². The van der Waals surface area contributed by atoms with Crippen LogP contribution in [-0.2, 0) is 11.3 Å². The van der Waals surface area contributed by atoms with Crippen LogP contribution in [0, 0.1) is 6.92 Å². The Labute approximate surface area is 140 Å². The summed E-state index contributed by atoms with van der Waals surface area (Å²) in [7, 11) is 1.73. The minimum Gasteiger partial charge on any atom is -0.462 e. The van der Waals surface area contributed by atoms with Gasteiger partial charge < -0.3 is 14.7 Å². The van der Waals surface area contributed by atoms with Crippen molar-refractivity contribution in [1.82, 2.24) is 9.55 Å². The number of pyridine rings is 2. The monoisotopic (exact) mass is 333 g/mol. The quantitative estimate of drug-likeness (QED) is 0.803. The lowest BCUT2D eigenvalue weighted by molar-refractivity contribution is 0.0524. The normalized spacial score (nSPS) is 10.9. The number of carbonyl (C=O) groups excluding carboxylic acids is 1. The first-order valence-corrected chi connectivity index (χ1v) is 7.99. The average Bonchev–Trinajstić information content (AvgIpc) is 2.54. The van der Waals surface area contributed by atoms with Crippen LogP contribution in [0.3, 0.4) is 0 Å². The second-order valence-corrected chi connectivity index (χ2v) is 5.46. The van der Waals surface area contributed by atoms with Crippen LogP contribution >= 0.6 is 0 Å². The topological polar surface area (TPSA) is 84.7 Å². The highest BCUT2D eigenvalue weighted by molar-refractivity contribution is 6.04. The van der Waals surface area contributed by atoms with Crippen molar-refractivity contribution in [3.63, 3.8) is 0 Å². The third-order valence-corrected chi connectivity index (χ3v) is 3.83. The molecule has 2 aromatic heterocycles. The molecule has 2 rings (SSSR count). The van der Waals surface area contributed by atoms with Gasteiger partial charge >= 0.3 is 5.97 Å². The van der Waals surface area contributed by atoms with Crippen LogP contribution in [0.4, 0.5) is 5.69 Å². The van der Waals surface area contributed by atoms with Gasteiger partial charge in [-0.2, -0.15) is 0 Å². The first-order valence-electron chi connectivity index (χ1n) is 7.99. The largest absolute Gasteiger partial charge is 0.462 e. The van der Waals surface area contributed by atoms with Crippen molar-refractivity contribution < 1.29 is 14.6 Å². The molecular weight excluding hydrogens is 310 g/mol. The van der Waals surface area contributed by atoms with Crippen molar-refractivity contribution in [3.8, 4) is 0 Å². The molecule has 24 heavy (non-hydrogen) atoms. The Morgan fingerprint density at radius 3 is 2.67 bits per heavy atom. The van der Waals surface area contributed by atoms with E-state index in [9.17, 15) is 14.7 Å². The molecule has 130 valence electrons. The maximum Gasteiger partial charge on any atom is 0.345 e.